The van der Waals surface area contributed by atoms with Crippen LogP contribution in [-0.2, 0) is 0 Å². The molecule has 13 rings (SSSR count). The summed E-state index contributed by atoms with van der Waals surface area (Å²) in [6.45, 7) is 0. The van der Waals surface area contributed by atoms with E-state index in [0.717, 1.165) is 55.7 Å². The molecule has 2 nitrogen and oxygen atoms in total. The Morgan fingerprint density at radius 3 is 1.44 bits per heavy atom. The minimum atomic E-state index is 0.890. The van der Waals surface area contributed by atoms with E-state index in [1.807, 2.05) is 12.1 Å². The van der Waals surface area contributed by atoms with E-state index in [-0.39, 0.29) is 0 Å². The summed E-state index contributed by atoms with van der Waals surface area (Å²) < 4.78 is 6.33. The zero-order valence-corrected chi connectivity index (χ0v) is 36.0. The highest BCUT2D eigenvalue weighted by atomic mass is 16.3. The Balaban J connectivity index is 0.895. The molecule has 0 aliphatic heterocycles. The maximum Gasteiger partial charge on any atom is 0.136 e. The summed E-state index contributed by atoms with van der Waals surface area (Å²) in [5, 5.41) is 12.4. The summed E-state index contributed by atoms with van der Waals surface area (Å²) >= 11 is 0. The van der Waals surface area contributed by atoms with Crippen LogP contribution in [0.4, 0.5) is 17.1 Å². The number of anilines is 3. The molecule has 0 N–H and O–H groups in total. The topological polar surface area (TPSA) is 16.4 Å². The Morgan fingerprint density at radius 2 is 0.712 bits per heavy atom. The third-order valence-corrected chi connectivity index (χ3v) is 13.4. The molecule has 0 saturated carbocycles. The molecular weight excluding hydrogens is 799 g/mol. The molecule has 0 aliphatic rings. The molecule has 12 aromatic carbocycles. The molecule has 13 aromatic rings. The first kappa shape index (κ1) is 37.8. The number of fused-ring (bicyclic) bond motifs is 9. The summed E-state index contributed by atoms with van der Waals surface area (Å²) in [4.78, 5) is 2.38. The van der Waals surface area contributed by atoms with Crippen molar-refractivity contribution in [3.05, 3.63) is 249 Å². The van der Waals surface area contributed by atoms with Gasteiger partial charge in [-0.3, -0.25) is 0 Å². The third kappa shape index (κ3) is 6.50. The number of furan rings is 1. The molecule has 0 spiro atoms. The van der Waals surface area contributed by atoms with Crippen LogP contribution < -0.4 is 4.90 Å². The van der Waals surface area contributed by atoms with Gasteiger partial charge in [0.15, 0.2) is 0 Å². The van der Waals surface area contributed by atoms with Gasteiger partial charge in [0.25, 0.3) is 0 Å². The van der Waals surface area contributed by atoms with E-state index >= 15 is 0 Å². The first-order valence-corrected chi connectivity index (χ1v) is 22.6. The van der Waals surface area contributed by atoms with E-state index in [2.05, 4.69) is 241 Å². The van der Waals surface area contributed by atoms with Gasteiger partial charge in [-0.1, -0.05) is 188 Å². The SMILES string of the molecule is c1cc(-c2ccc(-c3ccc4c(ccc5ccccc54)c3)cc2)cc(N(c2ccc(-c3ccc4ccc5ccccc5c4c3)cc2)c2cccc(-c3cccc4oc5ccccc5c34)c2)c1. The van der Waals surface area contributed by atoms with Crippen LogP contribution in [0.25, 0.3) is 110 Å². The molecule has 0 aliphatic carbocycles. The van der Waals surface area contributed by atoms with Crippen molar-refractivity contribution in [2.45, 2.75) is 0 Å². The monoisotopic (exact) mass is 839 g/mol. The molecule has 0 bridgehead atoms. The second-order valence-corrected chi connectivity index (χ2v) is 17.3. The zero-order chi connectivity index (χ0) is 43.6. The molecule has 0 fully saturated rings. The molecule has 1 aromatic heterocycles. The summed E-state index contributed by atoms with van der Waals surface area (Å²) in [5.74, 6) is 0. The van der Waals surface area contributed by atoms with E-state index in [4.69, 9.17) is 4.42 Å². The lowest BCUT2D eigenvalue weighted by molar-refractivity contribution is 0.669. The predicted molar refractivity (Wildman–Crippen MR) is 280 cm³/mol. The van der Waals surface area contributed by atoms with Crippen LogP contribution in [0, 0.1) is 0 Å². The largest absolute Gasteiger partial charge is 0.456 e. The average molecular weight is 840 g/mol. The molecule has 0 saturated heterocycles. The van der Waals surface area contributed by atoms with Crippen LogP contribution in [0.2, 0.25) is 0 Å². The van der Waals surface area contributed by atoms with E-state index < -0.39 is 0 Å². The van der Waals surface area contributed by atoms with Gasteiger partial charge in [0.05, 0.1) is 0 Å². The molecule has 308 valence electrons. The highest BCUT2D eigenvalue weighted by Crippen LogP contribution is 2.42. The molecule has 2 heteroatoms. The Labute approximate surface area is 382 Å². The van der Waals surface area contributed by atoms with Crippen LogP contribution in [0.5, 0.6) is 0 Å². The lowest BCUT2D eigenvalue weighted by Gasteiger charge is -2.27. The minimum Gasteiger partial charge on any atom is -0.456 e. The van der Waals surface area contributed by atoms with E-state index in [0.29, 0.717) is 0 Å². The van der Waals surface area contributed by atoms with Crippen LogP contribution in [0.15, 0.2) is 253 Å². The first-order chi connectivity index (χ1) is 32.7. The fourth-order valence-electron chi connectivity index (χ4n) is 10.1. The van der Waals surface area contributed by atoms with E-state index in [9.17, 15) is 0 Å². The summed E-state index contributed by atoms with van der Waals surface area (Å²) in [7, 11) is 0. The van der Waals surface area contributed by atoms with Gasteiger partial charge in [0.2, 0.25) is 0 Å². The highest BCUT2D eigenvalue weighted by Gasteiger charge is 2.18. The molecule has 0 amide bonds. The van der Waals surface area contributed by atoms with Gasteiger partial charge in [-0.05, 0) is 148 Å². The van der Waals surface area contributed by atoms with Gasteiger partial charge in [0.1, 0.15) is 11.2 Å². The number of rotatable bonds is 7. The molecular formula is C64H41NO. The van der Waals surface area contributed by atoms with Crippen LogP contribution in [0.3, 0.4) is 0 Å². The van der Waals surface area contributed by atoms with Crippen LogP contribution >= 0.6 is 0 Å². The van der Waals surface area contributed by atoms with Gasteiger partial charge in [-0.15, -0.1) is 0 Å². The third-order valence-electron chi connectivity index (χ3n) is 13.4. The number of hydrogen-bond donors (Lipinski definition) is 0. The number of para-hydroxylation sites is 1. The van der Waals surface area contributed by atoms with Crippen molar-refractivity contribution in [3.63, 3.8) is 0 Å². The summed E-state index contributed by atoms with van der Waals surface area (Å²) in [6.07, 6.45) is 0. The van der Waals surface area contributed by atoms with Gasteiger partial charge in [0, 0.05) is 27.8 Å². The van der Waals surface area contributed by atoms with Crippen LogP contribution in [0.1, 0.15) is 0 Å². The van der Waals surface area contributed by atoms with Crippen molar-refractivity contribution in [2.24, 2.45) is 0 Å². The van der Waals surface area contributed by atoms with Gasteiger partial charge in [-0.2, -0.15) is 0 Å². The number of nitrogens with zero attached hydrogens (tertiary/aromatic N) is 1. The second kappa shape index (κ2) is 15.5. The van der Waals surface area contributed by atoms with Gasteiger partial charge < -0.3 is 9.32 Å². The van der Waals surface area contributed by atoms with Crippen molar-refractivity contribution < 1.29 is 4.42 Å². The molecule has 0 radical (unpaired) electrons. The average Bonchev–Trinajstić information content (AvgIpc) is 3.78. The van der Waals surface area contributed by atoms with Crippen molar-refractivity contribution in [3.8, 4) is 44.5 Å². The number of hydrogen-bond acceptors (Lipinski definition) is 2. The maximum absolute atomic E-state index is 6.33. The molecule has 66 heavy (non-hydrogen) atoms. The number of benzene rings is 12. The highest BCUT2D eigenvalue weighted by molar-refractivity contribution is 6.13. The van der Waals surface area contributed by atoms with Gasteiger partial charge in [-0.25, -0.2) is 0 Å². The van der Waals surface area contributed by atoms with Crippen molar-refractivity contribution in [1.29, 1.82) is 0 Å². The van der Waals surface area contributed by atoms with Gasteiger partial charge >= 0.3 is 0 Å². The summed E-state index contributed by atoms with van der Waals surface area (Å²) in [6, 6.07) is 90.4. The Bertz CT molecular complexity index is 3990. The quantitative estimate of drug-likeness (QED) is 0.149. The maximum atomic E-state index is 6.33. The fourth-order valence-corrected chi connectivity index (χ4v) is 10.1. The first-order valence-electron chi connectivity index (χ1n) is 22.6. The van der Waals surface area contributed by atoms with Crippen LogP contribution in [-0.4, -0.2) is 0 Å². The Kier molecular flexibility index (Phi) is 8.89. The fraction of sp³-hybridized carbons (Fsp3) is 0. The van der Waals surface area contributed by atoms with Crippen molar-refractivity contribution in [2.75, 3.05) is 4.90 Å². The predicted octanol–water partition coefficient (Wildman–Crippen LogP) is 18.3. The zero-order valence-electron chi connectivity index (χ0n) is 36.0. The second-order valence-electron chi connectivity index (χ2n) is 17.3. The van der Waals surface area contributed by atoms with Crippen molar-refractivity contribution in [1.82, 2.24) is 0 Å². The lowest BCUT2D eigenvalue weighted by atomic mass is 9.96. The Morgan fingerprint density at radius 1 is 0.242 bits per heavy atom. The molecule has 0 atom stereocenters. The standard InChI is InChI=1S/C64H41NO/c1-3-16-56-45(10-1)29-31-52-38-49(34-37-58(52)56)43-24-22-42(23-25-43)48-12-7-14-54(39-48)65(55-15-8-13-51(40-55)59-19-9-21-63-64(59)60-18-5-6-20-62(60)66-63)53-35-32-44(33-36-53)50-30-28-47-27-26-46-11-2-4-17-57(46)61(47)41-50/h1-41H. The minimum absolute atomic E-state index is 0.890. The lowest BCUT2D eigenvalue weighted by Crippen LogP contribution is -2.10. The molecule has 1 heterocycles. The summed E-state index contributed by atoms with van der Waals surface area (Å²) in [5.41, 5.74) is 14.4. The van der Waals surface area contributed by atoms with E-state index in [1.165, 1.54) is 70.9 Å². The van der Waals surface area contributed by atoms with Crippen molar-refractivity contribution >= 4 is 82.1 Å². The smallest absolute Gasteiger partial charge is 0.136 e. The molecule has 0 unspecified atom stereocenters. The normalized spacial score (nSPS) is 11.6. The Hall–Kier alpha value is -8.72. The van der Waals surface area contributed by atoms with E-state index in [1.54, 1.807) is 0 Å².